The molecule has 0 aromatic heterocycles. The van der Waals surface area contributed by atoms with Crippen LogP contribution in [0, 0.1) is 0 Å². The molecule has 5 nitrogen and oxygen atoms in total. The molecule has 0 saturated carbocycles. The van der Waals surface area contributed by atoms with Crippen molar-refractivity contribution < 1.29 is 9.53 Å². The fourth-order valence-electron chi connectivity index (χ4n) is 1.40. The molecule has 1 unspecified atom stereocenters. The first-order valence-corrected chi connectivity index (χ1v) is 5.67. The Kier molecular flexibility index (Phi) is 6.50. The fourth-order valence-corrected chi connectivity index (χ4v) is 1.40. The first-order valence-electron chi connectivity index (χ1n) is 5.67. The van der Waals surface area contributed by atoms with Crippen molar-refractivity contribution in [3.8, 4) is 0 Å². The maximum Gasteiger partial charge on any atom is 0.238 e. The number of ether oxygens (including phenoxy) is 1. The number of carbonyl (C=O) groups is 1. The number of amides is 1. The van der Waals surface area contributed by atoms with Crippen LogP contribution < -0.4 is 5.73 Å². The molecule has 0 radical (unpaired) electrons. The van der Waals surface area contributed by atoms with Gasteiger partial charge in [-0.2, -0.15) is 5.10 Å². The van der Waals surface area contributed by atoms with Crippen LogP contribution in [0.3, 0.4) is 0 Å². The van der Waals surface area contributed by atoms with Crippen LogP contribution in [-0.2, 0) is 9.53 Å². The van der Waals surface area contributed by atoms with Gasteiger partial charge in [0.05, 0.1) is 0 Å². The highest BCUT2D eigenvalue weighted by atomic mass is 16.5. The summed E-state index contributed by atoms with van der Waals surface area (Å²) in [4.78, 5) is 11.0. The second kappa shape index (κ2) is 7.06. The van der Waals surface area contributed by atoms with E-state index in [1.54, 1.807) is 20.2 Å². The third kappa shape index (κ3) is 4.99. The van der Waals surface area contributed by atoms with E-state index in [0.717, 1.165) is 12.0 Å². The lowest BCUT2D eigenvalue weighted by Gasteiger charge is -2.35. The number of allylic oxidation sites excluding steroid dienone is 1. The third-order valence-corrected chi connectivity index (χ3v) is 2.56. The zero-order valence-corrected chi connectivity index (χ0v) is 11.4. The monoisotopic (exact) mass is 241 g/mol. The summed E-state index contributed by atoms with van der Waals surface area (Å²) >= 11 is 0. The number of hydrazone groups is 1. The van der Waals surface area contributed by atoms with Crippen molar-refractivity contribution in [1.29, 1.82) is 0 Å². The van der Waals surface area contributed by atoms with Crippen LogP contribution in [0.25, 0.3) is 0 Å². The molecule has 2 N–H and O–H groups in total. The number of hydrogen-bond acceptors (Lipinski definition) is 4. The lowest BCUT2D eigenvalue weighted by atomic mass is 10.1. The first-order chi connectivity index (χ1) is 7.89. The van der Waals surface area contributed by atoms with Gasteiger partial charge in [-0.3, -0.25) is 9.80 Å². The predicted molar refractivity (Wildman–Crippen MR) is 69.5 cm³/mol. The summed E-state index contributed by atoms with van der Waals surface area (Å²) < 4.78 is 5.45. The molecule has 1 atom stereocenters. The molecule has 0 aliphatic heterocycles. The van der Waals surface area contributed by atoms with Crippen molar-refractivity contribution in [2.45, 2.75) is 39.8 Å². The Morgan fingerprint density at radius 2 is 2.18 bits per heavy atom. The van der Waals surface area contributed by atoms with Gasteiger partial charge in [-0.15, -0.1) is 0 Å². The topological polar surface area (TPSA) is 67.9 Å². The molecule has 0 aromatic rings. The van der Waals surface area contributed by atoms with Gasteiger partial charge < -0.3 is 10.5 Å². The molecule has 17 heavy (non-hydrogen) atoms. The quantitative estimate of drug-likeness (QED) is 0.318. The highest BCUT2D eigenvalue weighted by molar-refractivity contribution is 5.76. The molecule has 0 heterocycles. The minimum absolute atomic E-state index is 0.0160. The number of nitrogens with zero attached hydrogens (tertiary/aromatic N) is 2. The van der Waals surface area contributed by atoms with Crippen molar-refractivity contribution in [3.05, 3.63) is 11.6 Å². The molecule has 0 rings (SSSR count). The van der Waals surface area contributed by atoms with Crippen LogP contribution in [0.2, 0.25) is 0 Å². The Balaban J connectivity index is 5.18. The van der Waals surface area contributed by atoms with E-state index >= 15 is 0 Å². The van der Waals surface area contributed by atoms with E-state index in [4.69, 9.17) is 10.5 Å². The van der Waals surface area contributed by atoms with Gasteiger partial charge in [0, 0.05) is 13.3 Å². The molecule has 0 aromatic carbocycles. The second-order valence-corrected chi connectivity index (χ2v) is 4.00. The van der Waals surface area contributed by atoms with Gasteiger partial charge in [-0.1, -0.05) is 12.5 Å². The third-order valence-electron chi connectivity index (χ3n) is 2.56. The van der Waals surface area contributed by atoms with Crippen LogP contribution >= 0.6 is 0 Å². The largest absolute Gasteiger partial charge is 0.368 e. The Morgan fingerprint density at radius 3 is 2.53 bits per heavy atom. The van der Waals surface area contributed by atoms with E-state index in [1.807, 2.05) is 19.9 Å². The molecule has 0 aliphatic rings. The second-order valence-electron chi connectivity index (χ2n) is 4.00. The number of hydrogen-bond donors (Lipinski definition) is 1. The van der Waals surface area contributed by atoms with Gasteiger partial charge in [0.1, 0.15) is 6.54 Å². The maximum atomic E-state index is 11.0. The van der Waals surface area contributed by atoms with Crippen molar-refractivity contribution in [2.75, 3.05) is 13.7 Å². The zero-order valence-electron chi connectivity index (χ0n) is 11.4. The summed E-state index contributed by atoms with van der Waals surface area (Å²) in [5, 5.41) is 5.67. The molecule has 1 amide bonds. The van der Waals surface area contributed by atoms with Crippen LogP contribution in [0.5, 0.6) is 0 Å². The smallest absolute Gasteiger partial charge is 0.238 e. The molecule has 0 fully saturated rings. The lowest BCUT2D eigenvalue weighted by Crippen LogP contribution is -2.47. The predicted octanol–water partition coefficient (Wildman–Crippen LogP) is 1.50. The fraction of sp³-hybridized carbons (Fsp3) is 0.667. The van der Waals surface area contributed by atoms with Gasteiger partial charge in [0.25, 0.3) is 0 Å². The molecular weight excluding hydrogens is 218 g/mol. The van der Waals surface area contributed by atoms with Gasteiger partial charge in [-0.05, 0) is 33.3 Å². The SMILES string of the molecule is C/C=N\N(CC(N)=O)C(C)(/C=C(\C)CC)OC. The summed E-state index contributed by atoms with van der Waals surface area (Å²) in [7, 11) is 1.58. The number of methoxy groups -OCH3 is 1. The van der Waals surface area contributed by atoms with Crippen LogP contribution in [0.1, 0.15) is 34.1 Å². The van der Waals surface area contributed by atoms with Crippen LogP contribution in [0.4, 0.5) is 0 Å². The highest BCUT2D eigenvalue weighted by Gasteiger charge is 2.29. The van der Waals surface area contributed by atoms with E-state index < -0.39 is 11.6 Å². The summed E-state index contributed by atoms with van der Waals surface area (Å²) in [5.41, 5.74) is 5.61. The van der Waals surface area contributed by atoms with Crippen molar-refractivity contribution >= 4 is 12.1 Å². The summed E-state index contributed by atoms with van der Waals surface area (Å²) in [6.07, 6.45) is 4.47. The number of nitrogens with two attached hydrogens (primary N) is 1. The molecular formula is C12H23N3O2. The number of rotatable bonds is 7. The maximum absolute atomic E-state index is 11.0. The van der Waals surface area contributed by atoms with Crippen molar-refractivity contribution in [1.82, 2.24) is 5.01 Å². The Morgan fingerprint density at radius 1 is 1.59 bits per heavy atom. The van der Waals surface area contributed by atoms with Crippen LogP contribution in [0.15, 0.2) is 16.8 Å². The van der Waals surface area contributed by atoms with E-state index in [0.29, 0.717) is 0 Å². The van der Waals surface area contributed by atoms with Gasteiger partial charge in [-0.25, -0.2) is 0 Å². The van der Waals surface area contributed by atoms with Gasteiger partial charge in [0.15, 0.2) is 5.72 Å². The standard InChI is InChI=1S/C12H23N3O2/c1-6-10(3)8-12(4,17-5)15(14-7-2)9-11(13)16/h7-8H,6,9H2,1-5H3,(H2,13,16)/b10-8+,14-7-. The summed E-state index contributed by atoms with van der Waals surface area (Å²) in [6.45, 7) is 7.71. The Bertz CT molecular complexity index is 313. The summed E-state index contributed by atoms with van der Waals surface area (Å²) in [6, 6.07) is 0. The van der Waals surface area contributed by atoms with Crippen molar-refractivity contribution in [3.63, 3.8) is 0 Å². The molecule has 0 bridgehead atoms. The first kappa shape index (κ1) is 15.6. The lowest BCUT2D eigenvalue weighted by molar-refractivity contribution is -0.128. The average molecular weight is 241 g/mol. The average Bonchev–Trinajstić information content (AvgIpc) is 2.27. The number of carbonyl (C=O) groups excluding carboxylic acids is 1. The normalized spacial score (nSPS) is 15.9. The van der Waals surface area contributed by atoms with Crippen molar-refractivity contribution in [2.24, 2.45) is 10.8 Å². The minimum atomic E-state index is -0.762. The van der Waals surface area contributed by atoms with E-state index in [-0.39, 0.29) is 6.54 Å². The van der Waals surface area contributed by atoms with E-state index in [9.17, 15) is 4.79 Å². The molecule has 0 spiro atoms. The van der Waals surface area contributed by atoms with Crippen LogP contribution in [-0.4, -0.2) is 36.5 Å². The summed E-state index contributed by atoms with van der Waals surface area (Å²) in [5.74, 6) is -0.443. The zero-order chi connectivity index (χ0) is 13.5. The van der Waals surface area contributed by atoms with Gasteiger partial charge in [0.2, 0.25) is 5.91 Å². The highest BCUT2D eigenvalue weighted by Crippen LogP contribution is 2.20. The molecule has 0 aliphatic carbocycles. The van der Waals surface area contributed by atoms with E-state index in [2.05, 4.69) is 12.0 Å². The minimum Gasteiger partial charge on any atom is -0.368 e. The molecule has 5 heteroatoms. The molecule has 0 saturated heterocycles. The Hall–Kier alpha value is -1.36. The van der Waals surface area contributed by atoms with Gasteiger partial charge >= 0.3 is 0 Å². The Labute approximate surface area is 103 Å². The molecule has 98 valence electrons. The van der Waals surface area contributed by atoms with E-state index in [1.165, 1.54) is 5.01 Å². The number of primary amides is 1.